The third kappa shape index (κ3) is 2.83. The summed E-state index contributed by atoms with van der Waals surface area (Å²) < 4.78 is 27.7. The van der Waals surface area contributed by atoms with Gasteiger partial charge in [0.1, 0.15) is 11.5 Å². The van der Waals surface area contributed by atoms with Crippen LogP contribution in [0, 0.1) is 5.82 Å². The van der Waals surface area contributed by atoms with Crippen molar-refractivity contribution in [1.82, 2.24) is 0 Å². The van der Waals surface area contributed by atoms with Crippen molar-refractivity contribution in [2.75, 3.05) is 0 Å². The van der Waals surface area contributed by atoms with Crippen LogP contribution >= 0.6 is 0 Å². The standard InChI is InChI=1S/C14H19F2N/c1-13(2,16)12-10(4-3-5-11(12)15)6-7-14(17)8-9-14/h3-5H,6-9,17H2,1-2H3. The van der Waals surface area contributed by atoms with Gasteiger partial charge in [-0.1, -0.05) is 12.1 Å². The fraction of sp³-hybridized carbons (Fsp3) is 0.571. The molecule has 1 aromatic carbocycles. The third-order valence-corrected chi connectivity index (χ3v) is 3.48. The molecule has 0 spiro atoms. The highest BCUT2D eigenvalue weighted by Crippen LogP contribution is 2.38. The molecule has 2 N–H and O–H groups in total. The Hall–Kier alpha value is -0.960. The zero-order valence-corrected chi connectivity index (χ0v) is 10.4. The molecule has 1 aromatic rings. The van der Waals surface area contributed by atoms with Gasteiger partial charge >= 0.3 is 0 Å². The summed E-state index contributed by atoms with van der Waals surface area (Å²) in [5.74, 6) is -0.461. The van der Waals surface area contributed by atoms with Crippen LogP contribution in [0.4, 0.5) is 8.78 Å². The number of aryl methyl sites for hydroxylation is 1. The maximum atomic E-state index is 14.0. The summed E-state index contributed by atoms with van der Waals surface area (Å²) in [4.78, 5) is 0. The summed E-state index contributed by atoms with van der Waals surface area (Å²) in [6.45, 7) is 2.79. The van der Waals surface area contributed by atoms with E-state index in [1.54, 1.807) is 12.1 Å². The third-order valence-electron chi connectivity index (χ3n) is 3.48. The molecule has 17 heavy (non-hydrogen) atoms. The maximum Gasteiger partial charge on any atom is 0.133 e. The van der Waals surface area contributed by atoms with E-state index in [9.17, 15) is 8.78 Å². The van der Waals surface area contributed by atoms with Crippen molar-refractivity contribution in [3.05, 3.63) is 35.1 Å². The average molecular weight is 239 g/mol. The molecule has 1 nitrogen and oxygen atoms in total. The Morgan fingerprint density at radius 3 is 2.53 bits per heavy atom. The molecular weight excluding hydrogens is 220 g/mol. The topological polar surface area (TPSA) is 26.0 Å². The molecule has 0 radical (unpaired) electrons. The van der Waals surface area contributed by atoms with Crippen LogP contribution in [0.5, 0.6) is 0 Å². The van der Waals surface area contributed by atoms with Gasteiger partial charge < -0.3 is 5.73 Å². The minimum absolute atomic E-state index is 0.0793. The first-order valence-electron chi connectivity index (χ1n) is 6.07. The number of halogens is 2. The molecule has 0 saturated heterocycles. The van der Waals surface area contributed by atoms with E-state index in [2.05, 4.69) is 0 Å². The smallest absolute Gasteiger partial charge is 0.133 e. The highest BCUT2D eigenvalue weighted by molar-refractivity contribution is 5.33. The Balaban J connectivity index is 2.23. The number of hydrogen-bond donors (Lipinski definition) is 1. The van der Waals surface area contributed by atoms with Crippen molar-refractivity contribution in [3.8, 4) is 0 Å². The lowest BCUT2D eigenvalue weighted by Crippen LogP contribution is -2.23. The highest BCUT2D eigenvalue weighted by atomic mass is 19.1. The number of nitrogens with two attached hydrogens (primary N) is 1. The minimum atomic E-state index is -1.65. The van der Waals surface area contributed by atoms with Gasteiger partial charge in [0.2, 0.25) is 0 Å². The molecule has 1 fully saturated rings. The van der Waals surface area contributed by atoms with Crippen molar-refractivity contribution in [2.45, 2.75) is 50.7 Å². The van der Waals surface area contributed by atoms with Crippen LogP contribution in [0.2, 0.25) is 0 Å². The SMILES string of the molecule is CC(C)(F)c1c(F)cccc1CCC1(N)CC1. The fourth-order valence-corrected chi connectivity index (χ4v) is 2.24. The van der Waals surface area contributed by atoms with Gasteiger partial charge in [0, 0.05) is 11.1 Å². The van der Waals surface area contributed by atoms with Gasteiger partial charge in [0.05, 0.1) is 0 Å². The molecule has 94 valence electrons. The second kappa shape index (κ2) is 4.05. The lowest BCUT2D eigenvalue weighted by atomic mass is 9.90. The van der Waals surface area contributed by atoms with E-state index in [0.717, 1.165) is 24.8 Å². The Labute approximate surface area is 101 Å². The number of benzene rings is 1. The molecule has 0 heterocycles. The number of hydrogen-bond acceptors (Lipinski definition) is 1. The van der Waals surface area contributed by atoms with E-state index < -0.39 is 11.5 Å². The average Bonchev–Trinajstić information content (AvgIpc) is 2.92. The molecule has 3 heteroatoms. The number of alkyl halides is 1. The minimum Gasteiger partial charge on any atom is -0.325 e. The van der Waals surface area contributed by atoms with Crippen molar-refractivity contribution in [3.63, 3.8) is 0 Å². The lowest BCUT2D eigenvalue weighted by molar-refractivity contribution is 0.212. The van der Waals surface area contributed by atoms with Crippen molar-refractivity contribution in [2.24, 2.45) is 5.73 Å². The van der Waals surface area contributed by atoms with Gasteiger partial charge in [-0.2, -0.15) is 0 Å². The van der Waals surface area contributed by atoms with Crippen molar-refractivity contribution < 1.29 is 8.78 Å². The molecule has 1 aliphatic rings. The zero-order chi connectivity index (χ0) is 12.7. The van der Waals surface area contributed by atoms with E-state index in [1.807, 2.05) is 0 Å². The first-order chi connectivity index (χ1) is 7.82. The Bertz CT molecular complexity index is 417. The van der Waals surface area contributed by atoms with Crippen LogP contribution in [0.3, 0.4) is 0 Å². The Kier molecular flexibility index (Phi) is 2.98. The van der Waals surface area contributed by atoms with E-state index in [-0.39, 0.29) is 11.1 Å². The maximum absolute atomic E-state index is 14.0. The Morgan fingerprint density at radius 1 is 1.35 bits per heavy atom. The monoisotopic (exact) mass is 239 g/mol. The van der Waals surface area contributed by atoms with Crippen molar-refractivity contribution >= 4 is 0 Å². The van der Waals surface area contributed by atoms with Crippen LogP contribution in [-0.4, -0.2) is 5.54 Å². The summed E-state index contributed by atoms with van der Waals surface area (Å²) in [5.41, 5.74) is 5.21. The predicted octanol–water partition coefficient (Wildman–Crippen LogP) is 3.45. The summed E-state index contributed by atoms with van der Waals surface area (Å²) in [6.07, 6.45) is 3.50. The largest absolute Gasteiger partial charge is 0.325 e. The van der Waals surface area contributed by atoms with Crippen LogP contribution in [0.25, 0.3) is 0 Å². The molecule has 0 atom stereocenters. The summed E-state index contributed by atoms with van der Waals surface area (Å²) in [6, 6.07) is 4.75. The normalized spacial score (nSPS) is 18.2. The first kappa shape index (κ1) is 12.5. The van der Waals surface area contributed by atoms with Gasteiger partial charge in [0.15, 0.2) is 0 Å². The van der Waals surface area contributed by atoms with Gasteiger partial charge in [-0.25, -0.2) is 8.78 Å². The zero-order valence-electron chi connectivity index (χ0n) is 10.4. The van der Waals surface area contributed by atoms with Gasteiger partial charge in [-0.05, 0) is 51.2 Å². The van der Waals surface area contributed by atoms with E-state index in [1.165, 1.54) is 19.9 Å². The van der Waals surface area contributed by atoms with E-state index in [0.29, 0.717) is 6.42 Å². The molecule has 1 saturated carbocycles. The molecule has 0 aromatic heterocycles. The molecule has 0 unspecified atom stereocenters. The predicted molar refractivity (Wildman–Crippen MR) is 65.0 cm³/mol. The van der Waals surface area contributed by atoms with Gasteiger partial charge in [-0.3, -0.25) is 0 Å². The first-order valence-corrected chi connectivity index (χ1v) is 6.07. The summed E-state index contributed by atoms with van der Waals surface area (Å²) >= 11 is 0. The molecular formula is C14H19F2N. The Morgan fingerprint density at radius 2 is 2.00 bits per heavy atom. The second-order valence-corrected chi connectivity index (χ2v) is 5.61. The van der Waals surface area contributed by atoms with Crippen molar-refractivity contribution in [1.29, 1.82) is 0 Å². The molecule has 0 aliphatic heterocycles. The lowest BCUT2D eigenvalue weighted by Gasteiger charge is -2.20. The molecule has 0 bridgehead atoms. The summed E-state index contributed by atoms with van der Waals surface area (Å²) in [5, 5.41) is 0. The second-order valence-electron chi connectivity index (χ2n) is 5.61. The van der Waals surface area contributed by atoms with Crippen LogP contribution < -0.4 is 5.73 Å². The van der Waals surface area contributed by atoms with Gasteiger partial charge in [0.25, 0.3) is 0 Å². The van der Waals surface area contributed by atoms with Crippen LogP contribution in [0.15, 0.2) is 18.2 Å². The number of rotatable bonds is 4. The molecule has 0 amide bonds. The fourth-order valence-electron chi connectivity index (χ4n) is 2.24. The van der Waals surface area contributed by atoms with Crippen LogP contribution in [0.1, 0.15) is 44.2 Å². The molecule has 1 aliphatic carbocycles. The summed E-state index contributed by atoms with van der Waals surface area (Å²) in [7, 11) is 0. The van der Waals surface area contributed by atoms with Gasteiger partial charge in [-0.15, -0.1) is 0 Å². The molecule has 2 rings (SSSR count). The van der Waals surface area contributed by atoms with E-state index >= 15 is 0 Å². The quantitative estimate of drug-likeness (QED) is 0.855. The van der Waals surface area contributed by atoms with Crippen LogP contribution in [-0.2, 0) is 12.1 Å². The van der Waals surface area contributed by atoms with E-state index in [4.69, 9.17) is 5.73 Å². The highest BCUT2D eigenvalue weighted by Gasteiger charge is 2.38.